The zero-order valence-corrected chi connectivity index (χ0v) is 9.06. The Kier molecular flexibility index (Phi) is 4.34. The molecular formula is C12H13NO3. The highest BCUT2D eigenvalue weighted by Gasteiger charge is 2.08. The van der Waals surface area contributed by atoms with Gasteiger partial charge in [0.25, 0.3) is 0 Å². The van der Waals surface area contributed by atoms with Gasteiger partial charge < -0.3 is 9.84 Å². The fourth-order valence-electron chi connectivity index (χ4n) is 1.20. The van der Waals surface area contributed by atoms with Crippen molar-refractivity contribution in [3.05, 3.63) is 29.3 Å². The second-order valence-corrected chi connectivity index (χ2v) is 3.33. The van der Waals surface area contributed by atoms with Crippen LogP contribution in [-0.2, 0) is 0 Å². The van der Waals surface area contributed by atoms with Gasteiger partial charge in [-0.25, -0.2) is 4.79 Å². The molecule has 1 aromatic rings. The van der Waals surface area contributed by atoms with Gasteiger partial charge in [-0.3, -0.25) is 0 Å². The zero-order valence-electron chi connectivity index (χ0n) is 9.06. The van der Waals surface area contributed by atoms with Gasteiger partial charge in [-0.15, -0.1) is 0 Å². The molecular weight excluding hydrogens is 206 g/mol. The summed E-state index contributed by atoms with van der Waals surface area (Å²) in [6, 6.07) is 6.21. The number of rotatable bonds is 5. The fraction of sp³-hybridized carbons (Fsp3) is 0.333. The first kappa shape index (κ1) is 12.1. The average Bonchev–Trinajstić information content (AvgIpc) is 2.29. The summed E-state index contributed by atoms with van der Waals surface area (Å²) in [5.41, 5.74) is 0.357. The van der Waals surface area contributed by atoms with E-state index in [4.69, 9.17) is 15.1 Å². The van der Waals surface area contributed by atoms with Crippen molar-refractivity contribution in [2.24, 2.45) is 0 Å². The number of unbranched alkanes of at least 4 members (excludes halogenated alkanes) is 1. The number of aromatic carboxylic acids is 1. The van der Waals surface area contributed by atoms with E-state index < -0.39 is 5.97 Å². The molecule has 4 heteroatoms. The highest BCUT2D eigenvalue weighted by molar-refractivity contribution is 5.88. The molecule has 0 amide bonds. The van der Waals surface area contributed by atoms with Gasteiger partial charge in [-0.2, -0.15) is 5.26 Å². The SMILES string of the molecule is CCCCOc1ccc(C(=O)O)cc1C#N. The number of nitrogens with zero attached hydrogens (tertiary/aromatic N) is 1. The highest BCUT2D eigenvalue weighted by Crippen LogP contribution is 2.19. The number of carboxylic acids is 1. The fourth-order valence-corrected chi connectivity index (χ4v) is 1.20. The molecule has 0 aromatic heterocycles. The lowest BCUT2D eigenvalue weighted by Crippen LogP contribution is -2.01. The lowest BCUT2D eigenvalue weighted by molar-refractivity contribution is 0.0697. The van der Waals surface area contributed by atoms with Crippen molar-refractivity contribution in [3.8, 4) is 11.8 Å². The molecule has 0 saturated carbocycles. The van der Waals surface area contributed by atoms with E-state index in [1.165, 1.54) is 18.2 Å². The van der Waals surface area contributed by atoms with Crippen molar-refractivity contribution in [2.45, 2.75) is 19.8 Å². The van der Waals surface area contributed by atoms with E-state index >= 15 is 0 Å². The van der Waals surface area contributed by atoms with E-state index in [1.54, 1.807) is 0 Å². The molecule has 16 heavy (non-hydrogen) atoms. The monoisotopic (exact) mass is 219 g/mol. The molecule has 1 aromatic carbocycles. The van der Waals surface area contributed by atoms with Gasteiger partial charge in [0.2, 0.25) is 0 Å². The Bertz CT molecular complexity index is 421. The number of hydrogen-bond donors (Lipinski definition) is 1. The zero-order chi connectivity index (χ0) is 12.0. The van der Waals surface area contributed by atoms with Crippen molar-refractivity contribution in [1.82, 2.24) is 0 Å². The van der Waals surface area contributed by atoms with Crippen LogP contribution in [-0.4, -0.2) is 17.7 Å². The number of nitriles is 1. The summed E-state index contributed by atoms with van der Waals surface area (Å²) in [4.78, 5) is 10.7. The first-order chi connectivity index (χ1) is 7.69. The van der Waals surface area contributed by atoms with Gasteiger partial charge in [-0.1, -0.05) is 13.3 Å². The second kappa shape index (κ2) is 5.76. The summed E-state index contributed by atoms with van der Waals surface area (Å²) in [6.45, 7) is 2.58. The van der Waals surface area contributed by atoms with E-state index in [9.17, 15) is 4.79 Å². The lowest BCUT2D eigenvalue weighted by Gasteiger charge is -2.07. The van der Waals surface area contributed by atoms with Crippen molar-refractivity contribution >= 4 is 5.97 Å². The van der Waals surface area contributed by atoms with Crippen LogP contribution >= 0.6 is 0 Å². The molecule has 1 rings (SSSR count). The Balaban J connectivity index is 2.86. The van der Waals surface area contributed by atoms with Gasteiger partial charge >= 0.3 is 5.97 Å². The standard InChI is InChI=1S/C12H13NO3/c1-2-3-6-16-11-5-4-9(12(14)15)7-10(11)8-13/h4-5,7H,2-3,6H2,1H3,(H,14,15). The van der Waals surface area contributed by atoms with Crippen molar-refractivity contribution in [2.75, 3.05) is 6.61 Å². The topological polar surface area (TPSA) is 70.3 Å². The maximum absolute atomic E-state index is 10.7. The van der Waals surface area contributed by atoms with Crippen LogP contribution < -0.4 is 4.74 Å². The van der Waals surface area contributed by atoms with Gasteiger partial charge in [0, 0.05) is 0 Å². The first-order valence-electron chi connectivity index (χ1n) is 5.09. The van der Waals surface area contributed by atoms with Crippen molar-refractivity contribution < 1.29 is 14.6 Å². The van der Waals surface area contributed by atoms with Crippen LogP contribution in [0.5, 0.6) is 5.75 Å². The molecule has 0 aliphatic heterocycles. The van der Waals surface area contributed by atoms with Crippen LogP contribution in [0.1, 0.15) is 35.7 Å². The molecule has 0 atom stereocenters. The first-order valence-corrected chi connectivity index (χ1v) is 5.09. The molecule has 0 aliphatic rings. The van der Waals surface area contributed by atoms with Gasteiger partial charge in [-0.05, 0) is 24.6 Å². The highest BCUT2D eigenvalue weighted by atomic mass is 16.5. The Morgan fingerprint density at radius 1 is 1.56 bits per heavy atom. The van der Waals surface area contributed by atoms with Crippen LogP contribution in [0, 0.1) is 11.3 Å². The summed E-state index contributed by atoms with van der Waals surface area (Å²) in [6.07, 6.45) is 1.92. The minimum absolute atomic E-state index is 0.0967. The Labute approximate surface area is 94.1 Å². The minimum atomic E-state index is -1.04. The van der Waals surface area contributed by atoms with E-state index in [1.807, 2.05) is 13.0 Å². The van der Waals surface area contributed by atoms with E-state index in [-0.39, 0.29) is 11.1 Å². The average molecular weight is 219 g/mol. The summed E-state index contributed by atoms with van der Waals surface area (Å²) in [7, 11) is 0. The lowest BCUT2D eigenvalue weighted by atomic mass is 10.1. The van der Waals surface area contributed by atoms with Gasteiger partial charge in [0.05, 0.1) is 17.7 Å². The van der Waals surface area contributed by atoms with E-state index in [2.05, 4.69) is 0 Å². The molecule has 0 fully saturated rings. The number of ether oxygens (including phenoxy) is 1. The van der Waals surface area contributed by atoms with E-state index in [0.717, 1.165) is 12.8 Å². The van der Waals surface area contributed by atoms with Gasteiger partial charge in [0.15, 0.2) is 0 Å². The molecule has 1 N–H and O–H groups in total. The summed E-state index contributed by atoms with van der Waals surface area (Å²) >= 11 is 0. The molecule has 0 saturated heterocycles. The minimum Gasteiger partial charge on any atom is -0.492 e. The third-order valence-corrected chi connectivity index (χ3v) is 2.10. The molecule has 0 unspecified atom stereocenters. The molecule has 0 heterocycles. The summed E-state index contributed by atoms with van der Waals surface area (Å²) in [5.74, 6) is -0.599. The Hall–Kier alpha value is -2.02. The Morgan fingerprint density at radius 3 is 2.88 bits per heavy atom. The predicted molar refractivity (Wildman–Crippen MR) is 58.5 cm³/mol. The quantitative estimate of drug-likeness (QED) is 0.772. The molecule has 4 nitrogen and oxygen atoms in total. The van der Waals surface area contributed by atoms with Crippen LogP contribution in [0.4, 0.5) is 0 Å². The van der Waals surface area contributed by atoms with Crippen molar-refractivity contribution in [1.29, 1.82) is 5.26 Å². The second-order valence-electron chi connectivity index (χ2n) is 3.33. The Morgan fingerprint density at radius 2 is 2.31 bits per heavy atom. The number of carboxylic acid groups (broad SMARTS) is 1. The molecule has 84 valence electrons. The van der Waals surface area contributed by atoms with Crippen LogP contribution in [0.25, 0.3) is 0 Å². The third kappa shape index (κ3) is 2.99. The predicted octanol–water partition coefficient (Wildman–Crippen LogP) is 2.44. The van der Waals surface area contributed by atoms with Crippen LogP contribution in [0.2, 0.25) is 0 Å². The normalized spacial score (nSPS) is 9.50. The maximum Gasteiger partial charge on any atom is 0.335 e. The number of benzene rings is 1. The smallest absolute Gasteiger partial charge is 0.335 e. The number of carbonyl (C=O) groups is 1. The molecule has 0 spiro atoms. The summed E-state index contributed by atoms with van der Waals surface area (Å²) in [5, 5.41) is 17.6. The molecule has 0 aliphatic carbocycles. The molecule has 0 radical (unpaired) electrons. The van der Waals surface area contributed by atoms with Gasteiger partial charge in [0.1, 0.15) is 11.8 Å². The third-order valence-electron chi connectivity index (χ3n) is 2.10. The van der Waals surface area contributed by atoms with E-state index in [0.29, 0.717) is 12.4 Å². The largest absolute Gasteiger partial charge is 0.492 e. The van der Waals surface area contributed by atoms with Crippen LogP contribution in [0.15, 0.2) is 18.2 Å². The van der Waals surface area contributed by atoms with Crippen molar-refractivity contribution in [3.63, 3.8) is 0 Å². The maximum atomic E-state index is 10.7. The number of hydrogen-bond acceptors (Lipinski definition) is 3. The van der Waals surface area contributed by atoms with Crippen LogP contribution in [0.3, 0.4) is 0 Å². The summed E-state index contributed by atoms with van der Waals surface area (Å²) < 4.78 is 5.39. The molecule has 0 bridgehead atoms.